The Morgan fingerprint density at radius 1 is 1.22 bits per heavy atom. The van der Waals surface area contributed by atoms with Gasteiger partial charge in [0.05, 0.1) is 6.10 Å². The first-order chi connectivity index (χ1) is 8.81. The Morgan fingerprint density at radius 2 is 2.00 bits per heavy atom. The summed E-state index contributed by atoms with van der Waals surface area (Å²) in [5.41, 5.74) is 5.50. The molecule has 0 spiro atoms. The van der Waals surface area contributed by atoms with Crippen LogP contribution in [-0.2, 0) is 9.53 Å². The molecule has 1 saturated heterocycles. The number of nitrogens with two attached hydrogens (primary N) is 1. The van der Waals surface area contributed by atoms with E-state index in [1.807, 2.05) is 0 Å². The molecule has 104 valence electrons. The van der Waals surface area contributed by atoms with Gasteiger partial charge in [-0.2, -0.15) is 0 Å². The molecule has 1 saturated carbocycles. The van der Waals surface area contributed by atoms with Gasteiger partial charge in [-0.1, -0.05) is 12.8 Å². The summed E-state index contributed by atoms with van der Waals surface area (Å²) in [7, 11) is 0. The molecule has 2 aliphatic rings. The SMILES string of the molecule is NCCCC(=O)N(CC1CCCO1)C1CCCC1. The van der Waals surface area contributed by atoms with E-state index < -0.39 is 0 Å². The van der Waals surface area contributed by atoms with Gasteiger partial charge in [-0.15, -0.1) is 0 Å². The standard InChI is InChI=1S/C14H26N2O2/c15-9-3-8-14(17)16(12-5-1-2-6-12)11-13-7-4-10-18-13/h12-13H,1-11,15H2. The van der Waals surface area contributed by atoms with E-state index in [-0.39, 0.29) is 12.0 Å². The average molecular weight is 254 g/mol. The molecule has 0 radical (unpaired) electrons. The quantitative estimate of drug-likeness (QED) is 0.784. The summed E-state index contributed by atoms with van der Waals surface area (Å²) in [5, 5.41) is 0. The summed E-state index contributed by atoms with van der Waals surface area (Å²) in [6, 6.07) is 0.458. The van der Waals surface area contributed by atoms with Gasteiger partial charge in [0.2, 0.25) is 5.91 Å². The zero-order chi connectivity index (χ0) is 12.8. The molecule has 0 bridgehead atoms. The summed E-state index contributed by atoms with van der Waals surface area (Å²) in [6.07, 6.45) is 8.77. The largest absolute Gasteiger partial charge is 0.376 e. The maximum Gasteiger partial charge on any atom is 0.222 e. The van der Waals surface area contributed by atoms with Crippen LogP contribution < -0.4 is 5.73 Å². The molecule has 0 aromatic carbocycles. The number of carbonyl (C=O) groups is 1. The normalized spacial score (nSPS) is 24.6. The van der Waals surface area contributed by atoms with Crippen LogP contribution in [0.4, 0.5) is 0 Å². The van der Waals surface area contributed by atoms with E-state index in [4.69, 9.17) is 10.5 Å². The molecular weight excluding hydrogens is 228 g/mol. The van der Waals surface area contributed by atoms with Crippen molar-refractivity contribution in [3.63, 3.8) is 0 Å². The minimum atomic E-state index is 0.271. The first kappa shape index (κ1) is 13.8. The second-order valence-electron chi connectivity index (χ2n) is 5.51. The van der Waals surface area contributed by atoms with Gasteiger partial charge >= 0.3 is 0 Å². The van der Waals surface area contributed by atoms with E-state index in [0.29, 0.717) is 19.0 Å². The number of hydrogen-bond acceptors (Lipinski definition) is 3. The van der Waals surface area contributed by atoms with Gasteiger partial charge in [0, 0.05) is 25.6 Å². The Balaban J connectivity index is 1.90. The monoisotopic (exact) mass is 254 g/mol. The zero-order valence-corrected chi connectivity index (χ0v) is 11.3. The number of nitrogens with zero attached hydrogens (tertiary/aromatic N) is 1. The lowest BCUT2D eigenvalue weighted by molar-refractivity contribution is -0.135. The van der Waals surface area contributed by atoms with Crippen molar-refractivity contribution in [2.75, 3.05) is 19.7 Å². The van der Waals surface area contributed by atoms with Crippen LogP contribution in [0.1, 0.15) is 51.4 Å². The second-order valence-corrected chi connectivity index (χ2v) is 5.51. The van der Waals surface area contributed by atoms with E-state index in [1.165, 1.54) is 25.7 Å². The Bertz CT molecular complexity index is 259. The third-order valence-corrected chi connectivity index (χ3v) is 4.10. The fourth-order valence-corrected chi connectivity index (χ4v) is 3.08. The van der Waals surface area contributed by atoms with Crippen molar-refractivity contribution in [3.8, 4) is 0 Å². The third kappa shape index (κ3) is 3.69. The van der Waals surface area contributed by atoms with E-state index in [0.717, 1.165) is 32.4 Å². The molecule has 4 nitrogen and oxygen atoms in total. The Kier molecular flexibility index (Phi) is 5.45. The molecule has 0 aromatic heterocycles. The number of carbonyl (C=O) groups excluding carboxylic acids is 1. The van der Waals surface area contributed by atoms with E-state index in [2.05, 4.69) is 4.90 Å². The molecule has 0 aromatic rings. The summed E-state index contributed by atoms with van der Waals surface area (Å²) in [5.74, 6) is 0.280. The first-order valence-electron chi connectivity index (χ1n) is 7.42. The van der Waals surface area contributed by atoms with Crippen molar-refractivity contribution in [3.05, 3.63) is 0 Å². The highest BCUT2D eigenvalue weighted by molar-refractivity contribution is 5.76. The fourth-order valence-electron chi connectivity index (χ4n) is 3.08. The lowest BCUT2D eigenvalue weighted by atomic mass is 10.1. The van der Waals surface area contributed by atoms with Crippen LogP contribution in [-0.4, -0.2) is 42.6 Å². The smallest absolute Gasteiger partial charge is 0.222 e. The highest BCUT2D eigenvalue weighted by Gasteiger charge is 2.29. The van der Waals surface area contributed by atoms with Gasteiger partial charge in [0.1, 0.15) is 0 Å². The van der Waals surface area contributed by atoms with E-state index in [1.54, 1.807) is 0 Å². The molecule has 2 N–H and O–H groups in total. The molecule has 1 atom stereocenters. The predicted molar refractivity (Wildman–Crippen MR) is 71.2 cm³/mol. The molecular formula is C14H26N2O2. The van der Waals surface area contributed by atoms with Crippen LogP contribution in [0.15, 0.2) is 0 Å². The molecule has 4 heteroatoms. The van der Waals surface area contributed by atoms with Gasteiger partial charge in [0.25, 0.3) is 0 Å². The molecule has 1 aliphatic heterocycles. The van der Waals surface area contributed by atoms with Crippen LogP contribution >= 0.6 is 0 Å². The minimum absolute atomic E-state index is 0.271. The topological polar surface area (TPSA) is 55.6 Å². The van der Waals surface area contributed by atoms with Crippen LogP contribution in [0.5, 0.6) is 0 Å². The number of ether oxygens (including phenoxy) is 1. The maximum absolute atomic E-state index is 12.3. The van der Waals surface area contributed by atoms with Crippen molar-refractivity contribution in [2.45, 2.75) is 63.5 Å². The summed E-state index contributed by atoms with van der Waals surface area (Å²) in [6.45, 7) is 2.26. The lowest BCUT2D eigenvalue weighted by Crippen LogP contribution is -2.43. The van der Waals surface area contributed by atoms with Crippen LogP contribution in [0.2, 0.25) is 0 Å². The Morgan fingerprint density at radius 3 is 2.61 bits per heavy atom. The summed E-state index contributed by atoms with van der Waals surface area (Å²) < 4.78 is 5.68. The molecule has 1 unspecified atom stereocenters. The molecule has 2 rings (SSSR count). The van der Waals surface area contributed by atoms with Gasteiger partial charge < -0.3 is 15.4 Å². The summed E-state index contributed by atoms with van der Waals surface area (Å²) >= 11 is 0. The highest BCUT2D eigenvalue weighted by atomic mass is 16.5. The zero-order valence-electron chi connectivity index (χ0n) is 11.3. The molecule has 2 fully saturated rings. The van der Waals surface area contributed by atoms with Crippen LogP contribution in [0.3, 0.4) is 0 Å². The summed E-state index contributed by atoms with van der Waals surface area (Å²) in [4.78, 5) is 14.4. The predicted octanol–water partition coefficient (Wildman–Crippen LogP) is 1.68. The molecule has 1 amide bonds. The minimum Gasteiger partial charge on any atom is -0.376 e. The third-order valence-electron chi connectivity index (χ3n) is 4.10. The van der Waals surface area contributed by atoms with E-state index >= 15 is 0 Å². The number of rotatable bonds is 6. The molecule has 18 heavy (non-hydrogen) atoms. The fraction of sp³-hybridized carbons (Fsp3) is 0.929. The Hall–Kier alpha value is -0.610. The number of amides is 1. The number of hydrogen-bond donors (Lipinski definition) is 1. The lowest BCUT2D eigenvalue weighted by Gasteiger charge is -2.31. The van der Waals surface area contributed by atoms with E-state index in [9.17, 15) is 4.79 Å². The van der Waals surface area contributed by atoms with Crippen molar-refractivity contribution in [1.29, 1.82) is 0 Å². The molecule has 1 aliphatic carbocycles. The van der Waals surface area contributed by atoms with Crippen LogP contribution in [0, 0.1) is 0 Å². The Labute approximate surface area is 110 Å². The molecule has 1 heterocycles. The maximum atomic E-state index is 12.3. The average Bonchev–Trinajstić information content (AvgIpc) is 3.05. The van der Waals surface area contributed by atoms with Gasteiger partial charge in [-0.3, -0.25) is 4.79 Å². The first-order valence-corrected chi connectivity index (χ1v) is 7.42. The van der Waals surface area contributed by atoms with Crippen molar-refractivity contribution in [1.82, 2.24) is 4.90 Å². The van der Waals surface area contributed by atoms with Crippen molar-refractivity contribution < 1.29 is 9.53 Å². The van der Waals surface area contributed by atoms with Gasteiger partial charge in [-0.25, -0.2) is 0 Å². The van der Waals surface area contributed by atoms with Crippen molar-refractivity contribution in [2.24, 2.45) is 5.73 Å². The van der Waals surface area contributed by atoms with Gasteiger partial charge in [-0.05, 0) is 38.6 Å². The van der Waals surface area contributed by atoms with Crippen LogP contribution in [0.25, 0.3) is 0 Å². The van der Waals surface area contributed by atoms with Crippen molar-refractivity contribution >= 4 is 5.91 Å². The van der Waals surface area contributed by atoms with Gasteiger partial charge in [0.15, 0.2) is 0 Å². The highest BCUT2D eigenvalue weighted by Crippen LogP contribution is 2.26. The second kappa shape index (κ2) is 7.10.